The Morgan fingerprint density at radius 3 is 2.65 bits per heavy atom. The first-order valence-electron chi connectivity index (χ1n) is 5.53. The lowest BCUT2D eigenvalue weighted by Crippen LogP contribution is -2.03. The molecule has 0 aliphatic carbocycles. The van der Waals surface area contributed by atoms with Crippen LogP contribution in [0.25, 0.3) is 0 Å². The summed E-state index contributed by atoms with van der Waals surface area (Å²) >= 11 is 1.83. The average Bonchev–Trinajstić information content (AvgIpc) is 2.82. The van der Waals surface area contributed by atoms with Crippen molar-refractivity contribution in [1.82, 2.24) is 0 Å². The number of benzene rings is 2. The largest absolute Gasteiger partial charge is 0.568 e. The molecule has 0 aromatic heterocycles. The molecule has 1 atom stereocenters. The Morgan fingerprint density at radius 2 is 1.82 bits per heavy atom. The third-order valence-electron chi connectivity index (χ3n) is 2.84. The van der Waals surface area contributed by atoms with Crippen LogP contribution in [0.4, 0.5) is 5.69 Å². The average molecular weight is 241 g/mol. The van der Waals surface area contributed by atoms with E-state index in [9.17, 15) is 0 Å². The van der Waals surface area contributed by atoms with Gasteiger partial charge in [0.1, 0.15) is 11.1 Å². The molecule has 2 aromatic carbocycles. The van der Waals surface area contributed by atoms with Gasteiger partial charge >= 0.3 is 8.05 Å². The number of anilines is 1. The number of rotatable bonds is 2. The van der Waals surface area contributed by atoms with Gasteiger partial charge in [0.2, 0.25) is 0 Å². The smallest absolute Gasteiger partial charge is 0.322 e. The van der Waals surface area contributed by atoms with Crippen molar-refractivity contribution in [3.8, 4) is 5.75 Å². The zero-order chi connectivity index (χ0) is 11.7. The summed E-state index contributed by atoms with van der Waals surface area (Å²) in [7, 11) is 1.71. The summed E-state index contributed by atoms with van der Waals surface area (Å²) in [6, 6.07) is 16.5. The lowest BCUT2D eigenvalue weighted by molar-refractivity contribution is 0.606. The van der Waals surface area contributed by atoms with Gasteiger partial charge in [0.25, 0.3) is 0 Å². The molecule has 0 spiro atoms. The predicted molar refractivity (Wildman–Crippen MR) is 74.3 cm³/mol. The molecule has 2 aromatic rings. The molecule has 0 amide bonds. The third-order valence-corrected chi connectivity index (χ3v) is 4.06. The van der Waals surface area contributed by atoms with E-state index in [0.29, 0.717) is 0 Å². The molecule has 1 heterocycles. The zero-order valence-electron chi connectivity index (χ0n) is 9.51. The number of hydrogen-bond donors (Lipinski definition) is 1. The van der Waals surface area contributed by atoms with Gasteiger partial charge in [-0.3, -0.25) is 0 Å². The summed E-state index contributed by atoms with van der Waals surface area (Å²) in [5, 5.41) is 3.75. The van der Waals surface area contributed by atoms with E-state index in [2.05, 4.69) is 35.6 Å². The van der Waals surface area contributed by atoms with E-state index in [-0.39, 0.29) is 5.37 Å². The topological polar surface area (TPSA) is 21.3 Å². The van der Waals surface area contributed by atoms with Crippen LogP contribution in [0.1, 0.15) is 10.9 Å². The zero-order valence-corrected chi connectivity index (χ0v) is 10.3. The van der Waals surface area contributed by atoms with Gasteiger partial charge in [-0.25, -0.2) is 0 Å². The highest BCUT2D eigenvalue weighted by atomic mass is 32.2. The molecule has 3 rings (SSSR count). The van der Waals surface area contributed by atoms with Crippen LogP contribution < -0.4 is 9.97 Å². The molecule has 1 aliphatic heterocycles. The molecule has 2 nitrogen and oxygen atoms in total. The second kappa shape index (κ2) is 4.38. The highest BCUT2D eigenvalue weighted by Crippen LogP contribution is 2.48. The number of nitrogens with one attached hydrogen (secondary N) is 1. The molecular formula is C13H12BNOS. The minimum Gasteiger partial charge on any atom is -0.568 e. The first-order valence-corrected chi connectivity index (χ1v) is 6.41. The van der Waals surface area contributed by atoms with Gasteiger partial charge in [-0.15, -0.1) is 0 Å². The number of fused-ring (bicyclic) bond motifs is 1. The lowest BCUT2D eigenvalue weighted by Gasteiger charge is -2.15. The standard InChI is InChI=1S/C13H12BNOS/c14-16-11-7-3-1-5-9(11)13-15-10-6-2-4-8-12(10)17-13/h1-8,13,15H,14H2. The Bertz CT molecular complexity index is 521. The van der Waals surface area contributed by atoms with Crippen LogP contribution in [0, 0.1) is 0 Å². The minimum absolute atomic E-state index is 0.239. The second-order valence-electron chi connectivity index (χ2n) is 3.88. The van der Waals surface area contributed by atoms with Crippen molar-refractivity contribution in [1.29, 1.82) is 0 Å². The van der Waals surface area contributed by atoms with Crippen LogP contribution in [0.5, 0.6) is 5.75 Å². The molecular weight excluding hydrogens is 229 g/mol. The van der Waals surface area contributed by atoms with Crippen molar-refractivity contribution in [2.24, 2.45) is 0 Å². The van der Waals surface area contributed by atoms with E-state index in [1.54, 1.807) is 8.05 Å². The highest BCUT2D eigenvalue weighted by Gasteiger charge is 2.24. The fourth-order valence-corrected chi connectivity index (χ4v) is 3.18. The fourth-order valence-electron chi connectivity index (χ4n) is 2.01. The van der Waals surface area contributed by atoms with Gasteiger partial charge in [-0.2, -0.15) is 0 Å². The van der Waals surface area contributed by atoms with Gasteiger partial charge in [0.15, 0.2) is 0 Å². The number of thioether (sulfide) groups is 1. The maximum Gasteiger partial charge on any atom is 0.322 e. The first-order chi connectivity index (χ1) is 8.38. The summed E-state index contributed by atoms with van der Waals surface area (Å²) in [6.07, 6.45) is 0. The molecule has 0 fully saturated rings. The minimum atomic E-state index is 0.239. The van der Waals surface area contributed by atoms with Crippen LogP contribution in [-0.2, 0) is 0 Å². The van der Waals surface area contributed by atoms with E-state index in [0.717, 1.165) is 5.75 Å². The predicted octanol–water partition coefficient (Wildman–Crippen LogP) is 2.83. The summed E-state index contributed by atoms with van der Waals surface area (Å²) in [5.41, 5.74) is 2.39. The van der Waals surface area contributed by atoms with Gasteiger partial charge in [-0.1, -0.05) is 42.1 Å². The Labute approximate surface area is 106 Å². The van der Waals surface area contributed by atoms with Crippen molar-refractivity contribution in [3.63, 3.8) is 0 Å². The third kappa shape index (κ3) is 1.89. The van der Waals surface area contributed by atoms with Crippen LogP contribution in [0.15, 0.2) is 53.4 Å². The normalized spacial score (nSPS) is 17.3. The van der Waals surface area contributed by atoms with Crippen LogP contribution in [0.3, 0.4) is 0 Å². The van der Waals surface area contributed by atoms with E-state index in [4.69, 9.17) is 4.65 Å². The lowest BCUT2D eigenvalue weighted by atomic mass is 10.2. The van der Waals surface area contributed by atoms with Crippen molar-refractivity contribution in [3.05, 3.63) is 54.1 Å². The molecule has 0 saturated heterocycles. The Balaban J connectivity index is 1.94. The van der Waals surface area contributed by atoms with Crippen molar-refractivity contribution >= 4 is 25.5 Å². The van der Waals surface area contributed by atoms with Crippen LogP contribution >= 0.6 is 11.8 Å². The van der Waals surface area contributed by atoms with E-state index < -0.39 is 0 Å². The SMILES string of the molecule is BOc1ccccc1C1Nc2ccccc2S1. The van der Waals surface area contributed by atoms with Gasteiger partial charge in [-0.05, 0) is 18.2 Å². The maximum absolute atomic E-state index is 5.40. The van der Waals surface area contributed by atoms with Gasteiger partial charge in [0.05, 0.1) is 0 Å². The maximum atomic E-state index is 5.40. The molecule has 0 saturated carbocycles. The van der Waals surface area contributed by atoms with Gasteiger partial charge in [0, 0.05) is 16.1 Å². The highest BCUT2D eigenvalue weighted by molar-refractivity contribution is 8.00. The summed E-state index contributed by atoms with van der Waals surface area (Å²) in [5.74, 6) is 0.935. The second-order valence-corrected chi connectivity index (χ2v) is 5.03. The summed E-state index contributed by atoms with van der Waals surface area (Å²) in [6.45, 7) is 0. The Morgan fingerprint density at radius 1 is 1.06 bits per heavy atom. The van der Waals surface area contributed by atoms with E-state index >= 15 is 0 Å². The van der Waals surface area contributed by atoms with Crippen molar-refractivity contribution in [2.75, 3.05) is 5.32 Å². The molecule has 0 bridgehead atoms. The van der Waals surface area contributed by atoms with E-state index in [1.807, 2.05) is 30.0 Å². The molecule has 4 heteroatoms. The molecule has 1 unspecified atom stereocenters. The molecule has 84 valence electrons. The Hall–Kier alpha value is -1.55. The molecule has 1 N–H and O–H groups in total. The number of para-hydroxylation sites is 2. The van der Waals surface area contributed by atoms with Crippen molar-refractivity contribution < 1.29 is 4.65 Å². The quantitative estimate of drug-likeness (QED) is 0.817. The molecule has 17 heavy (non-hydrogen) atoms. The Kier molecular flexibility index (Phi) is 2.73. The van der Waals surface area contributed by atoms with Gasteiger partial charge < -0.3 is 9.97 Å². The molecule has 0 radical (unpaired) electrons. The summed E-state index contributed by atoms with van der Waals surface area (Å²) in [4.78, 5) is 1.29. The number of hydrogen-bond acceptors (Lipinski definition) is 3. The fraction of sp³-hybridized carbons (Fsp3) is 0.0769. The van der Waals surface area contributed by atoms with Crippen LogP contribution in [-0.4, -0.2) is 8.05 Å². The molecule has 1 aliphatic rings. The first kappa shape index (κ1) is 10.6. The van der Waals surface area contributed by atoms with Crippen molar-refractivity contribution in [2.45, 2.75) is 10.3 Å². The monoisotopic (exact) mass is 241 g/mol. The summed E-state index contributed by atoms with van der Waals surface area (Å²) < 4.78 is 5.40. The van der Waals surface area contributed by atoms with E-state index in [1.165, 1.54) is 16.1 Å². The van der Waals surface area contributed by atoms with Crippen LogP contribution in [0.2, 0.25) is 0 Å².